The molecule has 4 heteroatoms. The Balaban J connectivity index is 1.43. The zero-order chi connectivity index (χ0) is 27.0. The quantitative estimate of drug-likeness (QED) is 0.252. The molecule has 39 heavy (non-hydrogen) atoms. The number of amides is 2. The topological polar surface area (TPSA) is 49.4 Å². The monoisotopic (exact) mass is 518 g/mol. The van der Waals surface area contributed by atoms with Crippen LogP contribution in [0.15, 0.2) is 97.1 Å². The molecule has 0 aliphatic heterocycles. The lowest BCUT2D eigenvalue weighted by Gasteiger charge is -2.32. The molecule has 0 aromatic heterocycles. The predicted octanol–water partition coefficient (Wildman–Crippen LogP) is 6.78. The highest BCUT2D eigenvalue weighted by Crippen LogP contribution is 2.23. The zero-order valence-electron chi connectivity index (χ0n) is 22.8. The van der Waals surface area contributed by atoms with Crippen molar-refractivity contribution in [2.75, 3.05) is 0 Å². The first-order valence-corrected chi connectivity index (χ1v) is 14.2. The Hall–Kier alpha value is -3.92. The van der Waals surface area contributed by atoms with Crippen LogP contribution in [0.2, 0.25) is 0 Å². The number of hydrogen-bond acceptors (Lipinski definition) is 2. The van der Waals surface area contributed by atoms with Crippen LogP contribution < -0.4 is 5.32 Å². The molecule has 0 bridgehead atoms. The zero-order valence-corrected chi connectivity index (χ0v) is 22.8. The van der Waals surface area contributed by atoms with Gasteiger partial charge in [-0.15, -0.1) is 0 Å². The summed E-state index contributed by atoms with van der Waals surface area (Å²) in [6.07, 6.45) is 5.78. The van der Waals surface area contributed by atoms with Gasteiger partial charge in [-0.1, -0.05) is 115 Å². The average Bonchev–Trinajstić information content (AvgIpc) is 3.48. The lowest BCUT2D eigenvalue weighted by atomic mass is 9.99. The minimum Gasteiger partial charge on any atom is -0.352 e. The third-order valence-electron chi connectivity index (χ3n) is 7.93. The normalized spacial score (nSPS) is 14.3. The van der Waals surface area contributed by atoms with Crippen molar-refractivity contribution in [2.24, 2.45) is 0 Å². The van der Waals surface area contributed by atoms with Crippen molar-refractivity contribution in [3.8, 4) is 0 Å². The number of rotatable bonds is 10. The summed E-state index contributed by atoms with van der Waals surface area (Å²) in [5.74, 6) is -0.0395. The maximum atomic E-state index is 14.0. The van der Waals surface area contributed by atoms with Crippen molar-refractivity contribution in [1.29, 1.82) is 0 Å². The van der Waals surface area contributed by atoms with Gasteiger partial charge in [0.25, 0.3) is 0 Å². The molecule has 0 heterocycles. The second-order valence-electron chi connectivity index (χ2n) is 10.8. The first-order valence-electron chi connectivity index (χ1n) is 14.2. The lowest BCUT2D eigenvalue weighted by Crippen LogP contribution is -2.52. The summed E-state index contributed by atoms with van der Waals surface area (Å²) in [5.41, 5.74) is 4.42. The highest BCUT2D eigenvalue weighted by Gasteiger charge is 2.32. The Morgan fingerprint density at radius 1 is 0.821 bits per heavy atom. The second kappa shape index (κ2) is 12.8. The standard InChI is InChI=1S/C35H38N2O2/c1-26-18-20-28(21-19-26)25-37(34(38)23-22-30-14-9-13-29-12-5-8-17-32(29)30)33(24-27-10-3-2-4-11-27)35(39)36-31-15-6-7-16-31/h2-5,8-14,17-21,31,33H,6-7,15-16,22-25H2,1H3,(H,36,39)/t33-/m0/s1. The molecular formula is C35H38N2O2. The highest BCUT2D eigenvalue weighted by molar-refractivity contribution is 5.89. The van der Waals surface area contributed by atoms with Crippen LogP contribution in [0.4, 0.5) is 0 Å². The summed E-state index contributed by atoms with van der Waals surface area (Å²) in [6, 6.07) is 32.5. The van der Waals surface area contributed by atoms with Gasteiger partial charge in [0.15, 0.2) is 0 Å². The van der Waals surface area contributed by atoms with Gasteiger partial charge in [0.05, 0.1) is 0 Å². The van der Waals surface area contributed by atoms with Crippen LogP contribution in [0, 0.1) is 6.92 Å². The van der Waals surface area contributed by atoms with Gasteiger partial charge in [0, 0.05) is 25.4 Å². The molecule has 2 amide bonds. The van der Waals surface area contributed by atoms with Gasteiger partial charge in [0.1, 0.15) is 6.04 Å². The number of benzene rings is 4. The van der Waals surface area contributed by atoms with Gasteiger partial charge >= 0.3 is 0 Å². The van der Waals surface area contributed by atoms with Crippen molar-refractivity contribution in [3.63, 3.8) is 0 Å². The number of aryl methyl sites for hydroxylation is 2. The molecular weight excluding hydrogens is 480 g/mol. The van der Waals surface area contributed by atoms with E-state index in [2.05, 4.69) is 66.8 Å². The predicted molar refractivity (Wildman–Crippen MR) is 158 cm³/mol. The highest BCUT2D eigenvalue weighted by atomic mass is 16.2. The molecule has 0 spiro atoms. The van der Waals surface area contributed by atoms with E-state index < -0.39 is 6.04 Å². The van der Waals surface area contributed by atoms with E-state index in [9.17, 15) is 9.59 Å². The van der Waals surface area contributed by atoms with E-state index in [0.717, 1.165) is 42.4 Å². The van der Waals surface area contributed by atoms with Gasteiger partial charge in [-0.3, -0.25) is 9.59 Å². The van der Waals surface area contributed by atoms with E-state index in [0.29, 0.717) is 25.8 Å². The van der Waals surface area contributed by atoms with E-state index in [-0.39, 0.29) is 17.9 Å². The summed E-state index contributed by atoms with van der Waals surface area (Å²) in [5, 5.41) is 5.65. The third kappa shape index (κ3) is 6.94. The summed E-state index contributed by atoms with van der Waals surface area (Å²) >= 11 is 0. The molecule has 1 fully saturated rings. The van der Waals surface area contributed by atoms with Gasteiger partial charge in [-0.25, -0.2) is 0 Å². The molecule has 200 valence electrons. The summed E-state index contributed by atoms with van der Waals surface area (Å²) in [7, 11) is 0. The first-order chi connectivity index (χ1) is 19.1. The lowest BCUT2D eigenvalue weighted by molar-refractivity contribution is -0.141. The van der Waals surface area contributed by atoms with Gasteiger partial charge in [-0.05, 0) is 53.6 Å². The molecule has 5 rings (SSSR count). The summed E-state index contributed by atoms with van der Waals surface area (Å²) in [6.45, 7) is 2.47. The van der Waals surface area contributed by atoms with Crippen LogP contribution in [-0.2, 0) is 29.0 Å². The van der Waals surface area contributed by atoms with Gasteiger partial charge in [0.2, 0.25) is 11.8 Å². The fraction of sp³-hybridized carbons (Fsp3) is 0.314. The van der Waals surface area contributed by atoms with Crippen molar-refractivity contribution in [2.45, 2.75) is 70.5 Å². The fourth-order valence-electron chi connectivity index (χ4n) is 5.71. The van der Waals surface area contributed by atoms with E-state index >= 15 is 0 Å². The molecule has 4 aromatic rings. The van der Waals surface area contributed by atoms with Crippen LogP contribution >= 0.6 is 0 Å². The maximum absolute atomic E-state index is 14.0. The molecule has 1 aliphatic carbocycles. The van der Waals surface area contributed by atoms with Crippen molar-refractivity contribution >= 4 is 22.6 Å². The Bertz CT molecular complexity index is 1390. The van der Waals surface area contributed by atoms with Crippen LogP contribution in [-0.4, -0.2) is 28.8 Å². The number of nitrogens with one attached hydrogen (secondary N) is 1. The van der Waals surface area contributed by atoms with E-state index in [1.54, 1.807) is 0 Å². The maximum Gasteiger partial charge on any atom is 0.243 e. The minimum atomic E-state index is -0.575. The van der Waals surface area contributed by atoms with Gasteiger partial charge < -0.3 is 10.2 Å². The Morgan fingerprint density at radius 3 is 2.28 bits per heavy atom. The third-order valence-corrected chi connectivity index (χ3v) is 7.93. The number of hydrogen-bond donors (Lipinski definition) is 1. The summed E-state index contributed by atoms with van der Waals surface area (Å²) < 4.78 is 0. The molecule has 0 unspecified atom stereocenters. The summed E-state index contributed by atoms with van der Waals surface area (Å²) in [4.78, 5) is 29.7. The average molecular weight is 519 g/mol. The molecule has 0 radical (unpaired) electrons. The minimum absolute atomic E-state index is 0.00557. The number of fused-ring (bicyclic) bond motifs is 1. The van der Waals surface area contributed by atoms with Crippen molar-refractivity contribution in [3.05, 3.63) is 119 Å². The molecule has 1 atom stereocenters. The largest absolute Gasteiger partial charge is 0.352 e. The van der Waals surface area contributed by atoms with Crippen LogP contribution in [0.1, 0.15) is 54.4 Å². The Morgan fingerprint density at radius 2 is 1.51 bits per heavy atom. The van der Waals surface area contributed by atoms with E-state index in [4.69, 9.17) is 0 Å². The smallest absolute Gasteiger partial charge is 0.243 e. The number of carbonyl (C=O) groups is 2. The van der Waals surface area contributed by atoms with Gasteiger partial charge in [-0.2, -0.15) is 0 Å². The van der Waals surface area contributed by atoms with Crippen LogP contribution in [0.5, 0.6) is 0 Å². The SMILES string of the molecule is Cc1ccc(CN(C(=O)CCc2cccc3ccccc23)[C@@H](Cc2ccccc2)C(=O)NC2CCCC2)cc1. The molecule has 4 aromatic carbocycles. The second-order valence-corrected chi connectivity index (χ2v) is 10.8. The van der Waals surface area contributed by atoms with Crippen LogP contribution in [0.25, 0.3) is 10.8 Å². The van der Waals surface area contributed by atoms with E-state index in [1.165, 1.54) is 16.3 Å². The van der Waals surface area contributed by atoms with Crippen molar-refractivity contribution < 1.29 is 9.59 Å². The number of carbonyl (C=O) groups excluding carboxylic acids is 2. The van der Waals surface area contributed by atoms with Crippen LogP contribution in [0.3, 0.4) is 0 Å². The molecule has 1 saturated carbocycles. The van der Waals surface area contributed by atoms with E-state index in [1.807, 2.05) is 47.4 Å². The van der Waals surface area contributed by atoms with Crippen molar-refractivity contribution in [1.82, 2.24) is 10.2 Å². The first kappa shape index (κ1) is 26.7. The molecule has 4 nitrogen and oxygen atoms in total. The number of nitrogens with zero attached hydrogens (tertiary/aromatic N) is 1. The fourth-order valence-corrected chi connectivity index (χ4v) is 5.71. The Labute approximate surface area is 232 Å². The molecule has 1 N–H and O–H groups in total. The molecule has 0 saturated heterocycles. The Kier molecular flexibility index (Phi) is 8.72. The molecule has 1 aliphatic rings.